The maximum atomic E-state index is 13.7. The van der Waals surface area contributed by atoms with Gasteiger partial charge in [-0.1, -0.05) is 29.8 Å². The molecule has 0 unspecified atom stereocenters. The van der Waals surface area contributed by atoms with Crippen molar-refractivity contribution in [2.24, 2.45) is 5.73 Å². The zero-order chi connectivity index (χ0) is 36.9. The van der Waals surface area contributed by atoms with Crippen LogP contribution >= 0.6 is 0 Å². The minimum absolute atomic E-state index is 0.0660. The minimum Gasteiger partial charge on any atom is -0.618 e. The van der Waals surface area contributed by atoms with Crippen molar-refractivity contribution in [1.82, 2.24) is 10.2 Å². The van der Waals surface area contributed by atoms with Crippen LogP contribution in [0, 0.1) is 23.5 Å². The van der Waals surface area contributed by atoms with E-state index in [9.17, 15) is 40.4 Å². The van der Waals surface area contributed by atoms with E-state index in [4.69, 9.17) is 15.5 Å². The highest BCUT2D eigenvalue weighted by Crippen LogP contribution is 2.32. The van der Waals surface area contributed by atoms with Crippen LogP contribution in [0.25, 0.3) is 22.0 Å². The van der Waals surface area contributed by atoms with Crippen molar-refractivity contribution in [3.8, 4) is 17.2 Å². The highest BCUT2D eigenvalue weighted by Gasteiger charge is 2.47. The molecule has 1 aliphatic rings. The van der Waals surface area contributed by atoms with Gasteiger partial charge in [-0.2, -0.15) is 18.4 Å². The van der Waals surface area contributed by atoms with Crippen molar-refractivity contribution in [3.05, 3.63) is 95.3 Å². The van der Waals surface area contributed by atoms with E-state index in [1.54, 1.807) is 42.5 Å². The van der Waals surface area contributed by atoms with Crippen LogP contribution in [-0.4, -0.2) is 75.5 Å². The van der Waals surface area contributed by atoms with Crippen molar-refractivity contribution < 1.29 is 44.5 Å². The van der Waals surface area contributed by atoms with Gasteiger partial charge < -0.3 is 21.2 Å². The van der Waals surface area contributed by atoms with Crippen molar-refractivity contribution in [3.63, 3.8) is 0 Å². The number of halogens is 2. The summed E-state index contributed by atoms with van der Waals surface area (Å²) in [6.07, 6.45) is 0.704. The van der Waals surface area contributed by atoms with Gasteiger partial charge in [-0.05, 0) is 67.4 Å². The highest BCUT2D eigenvalue weighted by atomic mass is 32.2. The second-order valence-electron chi connectivity index (χ2n) is 11.5. The summed E-state index contributed by atoms with van der Waals surface area (Å²) < 4.78 is 82.3. The zero-order valence-electron chi connectivity index (χ0n) is 26.6. The number of amides is 2. The Hall–Kier alpha value is -5.02. The molecular weight excluding hydrogens is 697 g/mol. The Morgan fingerprint density at radius 2 is 1.66 bits per heavy atom. The standard InChI is InChI=1S/C26H25F2N5O5S.C7H8O3S/c27-26(28)13-19(14-30)32(16-26)24(34)15-31-25(35)21-8-10-33(36)23-7-4-18(12-22(21)23)17-2-5-20(6-3-17)39(37,38)11-1-9-29;1-6-2-4-7(5-3-6)11(8,9)10/h2-8,10,12,19H,1,9,11,13,15-16,29H2,(H,31,35);2-5H,1H3,(H,8,9,10)/t19-;/m0./s1. The predicted octanol–water partition coefficient (Wildman–Crippen LogP) is 2.99. The van der Waals surface area contributed by atoms with Crippen molar-refractivity contribution >= 4 is 42.7 Å². The number of nitriles is 1. The van der Waals surface area contributed by atoms with Gasteiger partial charge in [-0.15, -0.1) is 0 Å². The molecule has 1 aliphatic heterocycles. The third-order valence-electron chi connectivity index (χ3n) is 7.77. The van der Waals surface area contributed by atoms with Crippen LogP contribution in [0.2, 0.25) is 0 Å². The molecule has 4 N–H and O–H groups in total. The first kappa shape index (κ1) is 37.8. The number of nitrogens with one attached hydrogen (secondary N) is 1. The minimum atomic E-state index is -4.02. The fourth-order valence-corrected chi connectivity index (χ4v) is 6.95. The molecule has 0 spiro atoms. The molecule has 1 aromatic heterocycles. The predicted molar refractivity (Wildman–Crippen MR) is 178 cm³/mol. The summed E-state index contributed by atoms with van der Waals surface area (Å²) in [5, 5.41) is 24.1. The highest BCUT2D eigenvalue weighted by molar-refractivity contribution is 7.91. The van der Waals surface area contributed by atoms with Crippen LogP contribution in [0.4, 0.5) is 8.78 Å². The molecule has 1 fully saturated rings. The largest absolute Gasteiger partial charge is 0.618 e. The van der Waals surface area contributed by atoms with Crippen molar-refractivity contribution in [1.29, 1.82) is 5.26 Å². The summed E-state index contributed by atoms with van der Waals surface area (Å²) >= 11 is 0. The fraction of sp³-hybridized carbons (Fsp3) is 0.273. The topological polar surface area (TPSA) is 215 Å². The molecular formula is C33H33F2N5O8S2. The SMILES string of the molecule is Cc1ccc(S(=O)(=O)O)cc1.N#C[C@@H]1CC(F)(F)CN1C(=O)CNC(=O)c1cc[n+]([O-])c2ccc(-c3ccc(S(=O)(=O)CCCN)cc3)cc12. The van der Waals surface area contributed by atoms with Crippen LogP contribution in [0.1, 0.15) is 28.8 Å². The number of aromatic nitrogens is 1. The first-order chi connectivity index (χ1) is 23.5. The first-order valence-corrected chi connectivity index (χ1v) is 18.1. The van der Waals surface area contributed by atoms with Gasteiger partial charge in [0.15, 0.2) is 16.0 Å². The number of rotatable bonds is 9. The zero-order valence-corrected chi connectivity index (χ0v) is 28.3. The lowest BCUT2D eigenvalue weighted by Gasteiger charge is -2.19. The number of benzene rings is 3. The van der Waals surface area contributed by atoms with E-state index in [0.717, 1.165) is 16.7 Å². The van der Waals surface area contributed by atoms with E-state index in [2.05, 4.69) is 5.32 Å². The smallest absolute Gasteiger partial charge is 0.294 e. The summed E-state index contributed by atoms with van der Waals surface area (Å²) in [5.74, 6) is -4.79. The number of alkyl halides is 2. The van der Waals surface area contributed by atoms with Gasteiger partial charge in [-0.25, -0.2) is 17.2 Å². The summed E-state index contributed by atoms with van der Waals surface area (Å²) in [5.41, 5.74) is 7.84. The van der Waals surface area contributed by atoms with Crippen LogP contribution in [0.3, 0.4) is 0 Å². The molecule has 5 rings (SSSR count). The van der Waals surface area contributed by atoms with E-state index in [-0.39, 0.29) is 38.6 Å². The summed E-state index contributed by atoms with van der Waals surface area (Å²) in [7, 11) is -7.50. The molecule has 0 bridgehead atoms. The van der Waals surface area contributed by atoms with Gasteiger partial charge in [0.05, 0.1) is 45.7 Å². The first-order valence-electron chi connectivity index (χ1n) is 15.0. The third kappa shape index (κ3) is 9.15. The molecule has 2 heterocycles. The monoisotopic (exact) mass is 729 g/mol. The second kappa shape index (κ2) is 15.3. The normalized spacial score (nSPS) is 15.5. The average molecular weight is 730 g/mol. The quantitative estimate of drug-likeness (QED) is 0.130. The second-order valence-corrected chi connectivity index (χ2v) is 15.0. The molecule has 264 valence electrons. The fourth-order valence-electron chi connectivity index (χ4n) is 5.14. The Morgan fingerprint density at radius 3 is 2.26 bits per heavy atom. The number of pyridine rings is 1. The van der Waals surface area contributed by atoms with Gasteiger partial charge in [-0.3, -0.25) is 14.1 Å². The summed E-state index contributed by atoms with van der Waals surface area (Å²) in [4.78, 5) is 26.3. The van der Waals surface area contributed by atoms with Crippen LogP contribution < -0.4 is 15.8 Å². The van der Waals surface area contributed by atoms with Crippen molar-refractivity contribution in [2.75, 3.05) is 25.4 Å². The average Bonchev–Trinajstić information content (AvgIpc) is 3.40. The van der Waals surface area contributed by atoms with E-state index >= 15 is 0 Å². The number of fused-ring (bicyclic) bond motifs is 1. The molecule has 4 aromatic rings. The lowest BCUT2D eigenvalue weighted by molar-refractivity contribution is -0.577. The van der Waals surface area contributed by atoms with Gasteiger partial charge in [0.1, 0.15) is 6.04 Å². The summed E-state index contributed by atoms with van der Waals surface area (Å²) in [6, 6.07) is 18.6. The van der Waals surface area contributed by atoms with E-state index < -0.39 is 63.2 Å². The molecule has 1 atom stereocenters. The molecule has 17 heteroatoms. The number of carbonyl (C=O) groups is 2. The Kier molecular flexibility index (Phi) is 11.5. The van der Waals surface area contributed by atoms with E-state index in [1.807, 2.05) is 6.92 Å². The number of sulfone groups is 1. The Morgan fingerprint density at radius 1 is 1.04 bits per heavy atom. The number of nitrogens with two attached hydrogens (primary N) is 1. The maximum Gasteiger partial charge on any atom is 0.294 e. The molecule has 50 heavy (non-hydrogen) atoms. The molecule has 0 radical (unpaired) electrons. The van der Waals surface area contributed by atoms with Gasteiger partial charge in [0.25, 0.3) is 21.9 Å². The number of hydrogen-bond donors (Lipinski definition) is 3. The van der Waals surface area contributed by atoms with Crippen molar-refractivity contribution in [2.45, 2.75) is 41.5 Å². The molecule has 2 amide bonds. The van der Waals surface area contributed by atoms with E-state index in [1.165, 1.54) is 36.4 Å². The Labute approximate surface area is 287 Å². The van der Waals surface area contributed by atoms with Gasteiger partial charge >= 0.3 is 0 Å². The third-order valence-corrected chi connectivity index (χ3v) is 10.5. The van der Waals surface area contributed by atoms with Crippen LogP contribution in [-0.2, 0) is 24.7 Å². The number of carbonyl (C=O) groups excluding carboxylic acids is 2. The molecule has 1 saturated heterocycles. The molecule has 0 saturated carbocycles. The molecule has 3 aromatic carbocycles. The summed E-state index contributed by atoms with van der Waals surface area (Å²) in [6.45, 7) is 0.585. The number of hydrogen-bond acceptors (Lipinski definition) is 9. The number of nitrogens with zero attached hydrogens (tertiary/aromatic N) is 3. The molecule has 13 nitrogen and oxygen atoms in total. The lowest BCUT2D eigenvalue weighted by atomic mass is 10.0. The van der Waals surface area contributed by atoms with Crippen LogP contribution in [0.15, 0.2) is 88.8 Å². The molecule has 0 aliphatic carbocycles. The Bertz CT molecular complexity index is 2160. The van der Waals surface area contributed by atoms with Gasteiger partial charge in [0.2, 0.25) is 11.4 Å². The Balaban J connectivity index is 0.000000435. The maximum absolute atomic E-state index is 13.7. The number of aryl methyl sites for hydroxylation is 1. The number of likely N-dealkylation sites (tertiary alicyclic amines) is 1. The van der Waals surface area contributed by atoms with Gasteiger partial charge in [0, 0.05) is 18.6 Å². The van der Waals surface area contributed by atoms with Crippen LogP contribution in [0.5, 0.6) is 0 Å². The lowest BCUT2D eigenvalue weighted by Crippen LogP contribution is -2.43. The van der Waals surface area contributed by atoms with E-state index in [0.29, 0.717) is 22.3 Å².